The number of piperidine rings is 1. The normalized spacial score (nSPS) is 14.8. The van der Waals surface area contributed by atoms with Crippen molar-refractivity contribution in [3.63, 3.8) is 0 Å². The third kappa shape index (κ3) is 3.85. The molecule has 5 rings (SSSR count). The summed E-state index contributed by atoms with van der Waals surface area (Å²) < 4.78 is 6.41. The number of rotatable bonds is 4. The zero-order valence-corrected chi connectivity index (χ0v) is 18.8. The van der Waals surface area contributed by atoms with Crippen LogP contribution in [-0.2, 0) is 0 Å². The molecule has 1 saturated heterocycles. The van der Waals surface area contributed by atoms with Crippen molar-refractivity contribution in [2.75, 3.05) is 20.2 Å². The van der Waals surface area contributed by atoms with Gasteiger partial charge in [0.05, 0.1) is 12.8 Å². The number of hydrogen-bond donors (Lipinski definition) is 2. The number of fused-ring (bicyclic) bond motifs is 1. The summed E-state index contributed by atoms with van der Waals surface area (Å²) in [4.78, 5) is 18.3. The summed E-state index contributed by atoms with van der Waals surface area (Å²) in [5, 5.41) is 8.46. The molecule has 2 N–H and O–H groups in total. The topological polar surface area (TPSA) is 74.0 Å². The molecular weight excluding hydrogens is 456 g/mol. The number of carbonyl (C=O) groups is 1. The molecule has 0 aliphatic carbocycles. The van der Waals surface area contributed by atoms with Gasteiger partial charge in [-0.15, -0.1) is 0 Å². The van der Waals surface area contributed by atoms with Gasteiger partial charge in [0.2, 0.25) is 0 Å². The largest absolute Gasteiger partial charge is 0.497 e. The molecule has 4 aromatic rings. The molecule has 0 radical (unpaired) electrons. The fraction of sp³-hybridized carbons (Fsp3) is 0.250. The standard InChI is InChI=1S/C24H23BrN4O2/c1-31-18-6-7-21-19(12-18)20(14-26-21)15-8-10-29(11-9-15)24(30)23-13-22(27-28-23)16-2-4-17(25)5-3-16/h2-7,12-15,26H,8-11H2,1H3,(H,27,28). The summed E-state index contributed by atoms with van der Waals surface area (Å²) in [6, 6.07) is 15.9. The van der Waals surface area contributed by atoms with Crippen LogP contribution in [0.1, 0.15) is 34.8 Å². The number of benzene rings is 2. The molecule has 0 bridgehead atoms. The highest BCUT2D eigenvalue weighted by Crippen LogP contribution is 2.35. The first-order valence-electron chi connectivity index (χ1n) is 10.4. The van der Waals surface area contributed by atoms with E-state index in [-0.39, 0.29) is 5.91 Å². The highest BCUT2D eigenvalue weighted by atomic mass is 79.9. The second kappa shape index (κ2) is 8.23. The van der Waals surface area contributed by atoms with Crippen LogP contribution in [0, 0.1) is 0 Å². The predicted octanol–water partition coefficient (Wildman–Crippen LogP) is 5.35. The van der Waals surface area contributed by atoms with Crippen LogP contribution in [0.4, 0.5) is 0 Å². The number of carbonyl (C=O) groups excluding carboxylic acids is 1. The van der Waals surface area contributed by atoms with E-state index < -0.39 is 0 Å². The average Bonchev–Trinajstić information content (AvgIpc) is 3.46. The van der Waals surface area contributed by atoms with E-state index >= 15 is 0 Å². The molecule has 2 aromatic carbocycles. The van der Waals surface area contributed by atoms with Crippen molar-refractivity contribution in [1.29, 1.82) is 0 Å². The molecule has 2 aromatic heterocycles. The molecule has 158 valence electrons. The van der Waals surface area contributed by atoms with E-state index in [1.807, 2.05) is 41.3 Å². The molecule has 6 nitrogen and oxygen atoms in total. The van der Waals surface area contributed by atoms with Crippen LogP contribution in [0.5, 0.6) is 5.75 Å². The van der Waals surface area contributed by atoms with Gasteiger partial charge in [0.15, 0.2) is 0 Å². The number of methoxy groups -OCH3 is 1. The lowest BCUT2D eigenvalue weighted by Crippen LogP contribution is -2.38. The predicted molar refractivity (Wildman–Crippen MR) is 124 cm³/mol. The quantitative estimate of drug-likeness (QED) is 0.415. The van der Waals surface area contributed by atoms with Crippen molar-refractivity contribution in [2.45, 2.75) is 18.8 Å². The number of likely N-dealkylation sites (tertiary alicyclic amines) is 1. The van der Waals surface area contributed by atoms with Gasteiger partial charge in [0.25, 0.3) is 5.91 Å². The third-order valence-corrected chi connectivity index (χ3v) is 6.62. The number of hydrogen-bond acceptors (Lipinski definition) is 3. The zero-order chi connectivity index (χ0) is 21.4. The fourth-order valence-electron chi connectivity index (χ4n) is 4.35. The van der Waals surface area contributed by atoms with Crippen molar-refractivity contribution >= 4 is 32.7 Å². The van der Waals surface area contributed by atoms with Crippen molar-refractivity contribution in [2.24, 2.45) is 0 Å². The Kier molecular flexibility index (Phi) is 5.28. The van der Waals surface area contributed by atoms with Gasteiger partial charge in [0.1, 0.15) is 11.4 Å². The molecule has 1 fully saturated rings. The molecule has 31 heavy (non-hydrogen) atoms. The number of aromatic amines is 2. The minimum atomic E-state index is 0.00917. The van der Waals surface area contributed by atoms with Gasteiger partial charge >= 0.3 is 0 Å². The summed E-state index contributed by atoms with van der Waals surface area (Å²) in [5.41, 5.74) is 4.71. The van der Waals surface area contributed by atoms with E-state index in [9.17, 15) is 4.79 Å². The Hall–Kier alpha value is -3.06. The third-order valence-electron chi connectivity index (χ3n) is 6.09. The van der Waals surface area contributed by atoms with Crippen LogP contribution in [0.15, 0.2) is 59.2 Å². The van der Waals surface area contributed by atoms with Gasteiger partial charge in [-0.1, -0.05) is 28.1 Å². The maximum absolute atomic E-state index is 13.0. The molecular formula is C24H23BrN4O2. The fourth-order valence-corrected chi connectivity index (χ4v) is 4.61. The molecule has 1 aliphatic heterocycles. The minimum Gasteiger partial charge on any atom is -0.497 e. The van der Waals surface area contributed by atoms with Crippen LogP contribution < -0.4 is 4.74 Å². The first-order valence-corrected chi connectivity index (χ1v) is 11.2. The van der Waals surface area contributed by atoms with Crippen LogP contribution >= 0.6 is 15.9 Å². The Bertz CT molecular complexity index is 1220. The number of H-pyrrole nitrogens is 2. The summed E-state index contributed by atoms with van der Waals surface area (Å²) in [6.45, 7) is 1.46. The Labute approximate surface area is 188 Å². The minimum absolute atomic E-state index is 0.00917. The number of amides is 1. The second-order valence-corrected chi connectivity index (χ2v) is 8.81. The van der Waals surface area contributed by atoms with Gasteiger partial charge in [-0.05, 0) is 60.7 Å². The lowest BCUT2D eigenvalue weighted by molar-refractivity contribution is 0.0707. The summed E-state index contributed by atoms with van der Waals surface area (Å²) >= 11 is 3.44. The van der Waals surface area contributed by atoms with E-state index in [1.165, 1.54) is 10.9 Å². The van der Waals surface area contributed by atoms with Crippen molar-refractivity contribution in [1.82, 2.24) is 20.1 Å². The molecule has 0 saturated carbocycles. The van der Waals surface area contributed by atoms with E-state index in [4.69, 9.17) is 4.74 Å². The highest BCUT2D eigenvalue weighted by Gasteiger charge is 2.27. The van der Waals surface area contributed by atoms with Gasteiger partial charge in [-0.25, -0.2) is 0 Å². The maximum atomic E-state index is 13.0. The number of aromatic nitrogens is 3. The SMILES string of the molecule is COc1ccc2[nH]cc(C3CCN(C(=O)c4cc(-c5ccc(Br)cc5)n[nH]4)CC3)c2c1. The highest BCUT2D eigenvalue weighted by molar-refractivity contribution is 9.10. The van der Waals surface area contributed by atoms with Gasteiger partial charge in [0, 0.05) is 40.2 Å². The lowest BCUT2D eigenvalue weighted by atomic mass is 9.89. The molecule has 1 amide bonds. The van der Waals surface area contributed by atoms with E-state index in [0.29, 0.717) is 11.6 Å². The number of halogens is 1. The molecule has 0 unspecified atom stereocenters. The molecule has 0 atom stereocenters. The Morgan fingerprint density at radius 3 is 2.65 bits per heavy atom. The van der Waals surface area contributed by atoms with Gasteiger partial charge in [-0.3, -0.25) is 9.89 Å². The van der Waals surface area contributed by atoms with Gasteiger partial charge < -0.3 is 14.6 Å². The molecule has 3 heterocycles. The average molecular weight is 479 g/mol. The number of nitrogens with one attached hydrogen (secondary N) is 2. The second-order valence-electron chi connectivity index (χ2n) is 7.90. The number of ether oxygens (including phenoxy) is 1. The lowest BCUT2D eigenvalue weighted by Gasteiger charge is -2.31. The Morgan fingerprint density at radius 2 is 1.90 bits per heavy atom. The Morgan fingerprint density at radius 1 is 1.13 bits per heavy atom. The molecule has 0 spiro atoms. The van der Waals surface area contributed by atoms with Crippen molar-refractivity contribution < 1.29 is 9.53 Å². The summed E-state index contributed by atoms with van der Waals surface area (Å²) in [6.07, 6.45) is 3.97. The van der Waals surface area contributed by atoms with Crippen molar-refractivity contribution in [3.8, 4) is 17.0 Å². The zero-order valence-electron chi connectivity index (χ0n) is 17.2. The maximum Gasteiger partial charge on any atom is 0.271 e. The van der Waals surface area contributed by atoms with Gasteiger partial charge in [-0.2, -0.15) is 5.10 Å². The van der Waals surface area contributed by atoms with E-state index in [0.717, 1.165) is 52.9 Å². The smallest absolute Gasteiger partial charge is 0.271 e. The Balaban J connectivity index is 1.28. The first-order chi connectivity index (χ1) is 15.1. The monoisotopic (exact) mass is 478 g/mol. The first kappa shape index (κ1) is 19.9. The van der Waals surface area contributed by atoms with Crippen LogP contribution in [-0.4, -0.2) is 46.2 Å². The summed E-state index contributed by atoms with van der Waals surface area (Å²) in [5.74, 6) is 1.29. The summed E-state index contributed by atoms with van der Waals surface area (Å²) in [7, 11) is 1.69. The number of nitrogens with zero attached hydrogens (tertiary/aromatic N) is 2. The van der Waals surface area contributed by atoms with Crippen LogP contribution in [0.2, 0.25) is 0 Å². The van der Waals surface area contributed by atoms with E-state index in [2.05, 4.69) is 49.4 Å². The van der Waals surface area contributed by atoms with E-state index in [1.54, 1.807) is 7.11 Å². The van der Waals surface area contributed by atoms with Crippen molar-refractivity contribution in [3.05, 3.63) is 70.5 Å². The van der Waals surface area contributed by atoms with Crippen LogP contribution in [0.3, 0.4) is 0 Å². The molecule has 1 aliphatic rings. The van der Waals surface area contributed by atoms with Crippen LogP contribution in [0.25, 0.3) is 22.2 Å². The molecule has 7 heteroatoms.